The van der Waals surface area contributed by atoms with E-state index in [0.29, 0.717) is 12.0 Å². The average Bonchev–Trinajstić information content (AvgIpc) is 2.64. The fourth-order valence-electron chi connectivity index (χ4n) is 3.69. The van der Waals surface area contributed by atoms with Crippen LogP contribution in [0.5, 0.6) is 0 Å². The fourth-order valence-corrected chi connectivity index (χ4v) is 3.69. The van der Waals surface area contributed by atoms with Crippen LogP contribution in [0.3, 0.4) is 0 Å². The second kappa shape index (κ2) is 5.20. The highest BCUT2D eigenvalue weighted by atomic mass is 16.2. The highest BCUT2D eigenvalue weighted by Gasteiger charge is 2.44. The van der Waals surface area contributed by atoms with Gasteiger partial charge in [-0.1, -0.05) is 20.3 Å². The summed E-state index contributed by atoms with van der Waals surface area (Å²) in [5.41, 5.74) is 5.78. The number of carbonyl (C=O) groups is 1. The summed E-state index contributed by atoms with van der Waals surface area (Å²) in [4.78, 5) is 12.5. The highest BCUT2D eigenvalue weighted by molar-refractivity contribution is 5.83. The Morgan fingerprint density at radius 3 is 2.56 bits per heavy atom. The lowest BCUT2D eigenvalue weighted by atomic mass is 9.78. The molecule has 0 aliphatic heterocycles. The van der Waals surface area contributed by atoms with E-state index in [1.54, 1.807) is 0 Å². The Morgan fingerprint density at radius 2 is 2.00 bits per heavy atom. The van der Waals surface area contributed by atoms with Crippen LogP contribution in [0, 0.1) is 17.3 Å². The van der Waals surface area contributed by atoms with Crippen LogP contribution in [0.15, 0.2) is 0 Å². The zero-order chi connectivity index (χ0) is 13.3. The standard InChI is InChI=1S/C15H28N2O/c1-10-6-7-12(11(2)9-10)17-14(18)15(3)8-4-5-13(15)16/h10-13H,4-9,16H2,1-3H3,(H,17,18). The van der Waals surface area contributed by atoms with Gasteiger partial charge in [-0.2, -0.15) is 0 Å². The van der Waals surface area contributed by atoms with Gasteiger partial charge in [0.05, 0.1) is 5.41 Å². The van der Waals surface area contributed by atoms with E-state index in [1.807, 2.05) is 6.92 Å². The molecule has 3 nitrogen and oxygen atoms in total. The molecule has 5 atom stereocenters. The van der Waals surface area contributed by atoms with Gasteiger partial charge in [0.2, 0.25) is 5.91 Å². The van der Waals surface area contributed by atoms with Gasteiger partial charge >= 0.3 is 0 Å². The van der Waals surface area contributed by atoms with Gasteiger partial charge in [0, 0.05) is 12.1 Å². The van der Waals surface area contributed by atoms with E-state index in [1.165, 1.54) is 12.8 Å². The van der Waals surface area contributed by atoms with Crippen LogP contribution < -0.4 is 11.1 Å². The Morgan fingerprint density at radius 1 is 1.28 bits per heavy atom. The third kappa shape index (κ3) is 2.56. The highest BCUT2D eigenvalue weighted by Crippen LogP contribution is 2.37. The van der Waals surface area contributed by atoms with Crippen LogP contribution in [-0.4, -0.2) is 18.0 Å². The molecule has 0 heterocycles. The SMILES string of the molecule is CC1CCC(NC(=O)C2(C)CCCC2N)C(C)C1. The molecular formula is C15H28N2O. The van der Waals surface area contributed by atoms with E-state index in [-0.39, 0.29) is 17.4 Å². The largest absolute Gasteiger partial charge is 0.353 e. The number of carbonyl (C=O) groups excluding carboxylic acids is 1. The number of amides is 1. The molecule has 0 aromatic heterocycles. The third-order valence-corrected chi connectivity index (χ3v) is 5.30. The topological polar surface area (TPSA) is 55.1 Å². The molecule has 0 aromatic rings. The van der Waals surface area contributed by atoms with Crippen molar-refractivity contribution in [2.75, 3.05) is 0 Å². The maximum absolute atomic E-state index is 12.5. The zero-order valence-corrected chi connectivity index (χ0v) is 12.0. The molecule has 0 bridgehead atoms. The molecule has 0 spiro atoms. The van der Waals surface area contributed by atoms with E-state index in [4.69, 9.17) is 5.73 Å². The van der Waals surface area contributed by atoms with Gasteiger partial charge in [-0.05, 0) is 50.9 Å². The molecule has 2 aliphatic rings. The molecule has 3 N–H and O–H groups in total. The van der Waals surface area contributed by atoms with Crippen molar-refractivity contribution in [2.24, 2.45) is 23.0 Å². The average molecular weight is 252 g/mol. The molecule has 2 aliphatic carbocycles. The van der Waals surface area contributed by atoms with Gasteiger partial charge in [-0.15, -0.1) is 0 Å². The van der Waals surface area contributed by atoms with Crippen molar-refractivity contribution in [2.45, 2.75) is 71.4 Å². The van der Waals surface area contributed by atoms with Gasteiger partial charge in [0.25, 0.3) is 0 Å². The number of hydrogen-bond acceptors (Lipinski definition) is 2. The molecule has 18 heavy (non-hydrogen) atoms. The van der Waals surface area contributed by atoms with Crippen molar-refractivity contribution in [1.82, 2.24) is 5.32 Å². The van der Waals surface area contributed by atoms with E-state index in [9.17, 15) is 4.79 Å². The maximum Gasteiger partial charge on any atom is 0.227 e. The van der Waals surface area contributed by atoms with Crippen LogP contribution in [0.4, 0.5) is 0 Å². The lowest BCUT2D eigenvalue weighted by molar-refractivity contribution is -0.132. The predicted octanol–water partition coefficient (Wildman–Crippen LogP) is 2.44. The van der Waals surface area contributed by atoms with E-state index in [0.717, 1.165) is 31.6 Å². The second-order valence-corrected chi connectivity index (χ2v) is 6.89. The smallest absolute Gasteiger partial charge is 0.227 e. The Hall–Kier alpha value is -0.570. The first-order chi connectivity index (χ1) is 8.43. The lowest BCUT2D eigenvalue weighted by Crippen LogP contribution is -2.52. The van der Waals surface area contributed by atoms with Gasteiger partial charge in [0.1, 0.15) is 0 Å². The summed E-state index contributed by atoms with van der Waals surface area (Å²) in [6, 6.07) is 0.397. The Labute approximate surface area is 111 Å². The van der Waals surface area contributed by atoms with Crippen molar-refractivity contribution >= 4 is 5.91 Å². The van der Waals surface area contributed by atoms with Gasteiger partial charge in [-0.3, -0.25) is 4.79 Å². The molecule has 2 rings (SSSR count). The first kappa shape index (κ1) is 13.9. The molecule has 0 saturated heterocycles. The molecular weight excluding hydrogens is 224 g/mol. The minimum absolute atomic E-state index is 0.0373. The van der Waals surface area contributed by atoms with Gasteiger partial charge in [0.15, 0.2) is 0 Å². The third-order valence-electron chi connectivity index (χ3n) is 5.30. The number of nitrogens with one attached hydrogen (secondary N) is 1. The predicted molar refractivity (Wildman–Crippen MR) is 74.0 cm³/mol. The van der Waals surface area contributed by atoms with Gasteiger partial charge in [-0.25, -0.2) is 0 Å². The summed E-state index contributed by atoms with van der Waals surface area (Å²) >= 11 is 0. The molecule has 104 valence electrons. The summed E-state index contributed by atoms with van der Waals surface area (Å²) in [5, 5.41) is 3.28. The van der Waals surface area contributed by atoms with E-state index >= 15 is 0 Å². The summed E-state index contributed by atoms with van der Waals surface area (Å²) in [7, 11) is 0. The summed E-state index contributed by atoms with van der Waals surface area (Å²) in [6.45, 7) is 6.61. The lowest BCUT2D eigenvalue weighted by Gasteiger charge is -2.36. The van der Waals surface area contributed by atoms with Crippen molar-refractivity contribution in [3.63, 3.8) is 0 Å². The van der Waals surface area contributed by atoms with Gasteiger partial charge < -0.3 is 11.1 Å². The monoisotopic (exact) mass is 252 g/mol. The minimum Gasteiger partial charge on any atom is -0.353 e. The minimum atomic E-state index is -0.331. The van der Waals surface area contributed by atoms with Crippen molar-refractivity contribution in [1.29, 1.82) is 0 Å². The van der Waals surface area contributed by atoms with Crippen molar-refractivity contribution < 1.29 is 4.79 Å². The van der Waals surface area contributed by atoms with Crippen LogP contribution in [0.1, 0.15) is 59.3 Å². The van der Waals surface area contributed by atoms with Crippen LogP contribution in [0.25, 0.3) is 0 Å². The second-order valence-electron chi connectivity index (χ2n) is 6.89. The Balaban J connectivity index is 1.95. The molecule has 0 radical (unpaired) electrons. The van der Waals surface area contributed by atoms with Crippen molar-refractivity contribution in [3.05, 3.63) is 0 Å². The van der Waals surface area contributed by atoms with Crippen molar-refractivity contribution in [3.8, 4) is 0 Å². The molecule has 0 aromatic carbocycles. The molecule has 2 fully saturated rings. The molecule has 3 heteroatoms. The van der Waals surface area contributed by atoms with Crippen LogP contribution in [0.2, 0.25) is 0 Å². The van der Waals surface area contributed by atoms with Crippen LogP contribution >= 0.6 is 0 Å². The zero-order valence-electron chi connectivity index (χ0n) is 12.0. The Kier molecular flexibility index (Phi) is 4.00. The summed E-state index contributed by atoms with van der Waals surface area (Å²) < 4.78 is 0. The summed E-state index contributed by atoms with van der Waals surface area (Å²) in [6.07, 6.45) is 6.60. The first-order valence-electron chi connectivity index (χ1n) is 7.50. The number of hydrogen-bond donors (Lipinski definition) is 2. The van der Waals surface area contributed by atoms with Crippen LogP contribution in [-0.2, 0) is 4.79 Å². The maximum atomic E-state index is 12.5. The normalized spacial score (nSPS) is 44.9. The summed E-state index contributed by atoms with van der Waals surface area (Å²) in [5.74, 6) is 1.59. The molecule has 1 amide bonds. The molecule has 5 unspecified atom stereocenters. The fraction of sp³-hybridized carbons (Fsp3) is 0.933. The number of nitrogens with two attached hydrogens (primary N) is 1. The number of rotatable bonds is 2. The molecule has 2 saturated carbocycles. The Bertz CT molecular complexity index is 318. The quantitative estimate of drug-likeness (QED) is 0.793. The van der Waals surface area contributed by atoms with E-state index in [2.05, 4.69) is 19.2 Å². The van der Waals surface area contributed by atoms with E-state index < -0.39 is 0 Å². The first-order valence-corrected chi connectivity index (χ1v) is 7.50.